The SMILES string of the molecule is C=CCOc1ccc(/C=C2/SC(=O)N(CN3CCCCC3)C2=O)cc1OC. The van der Waals surface area contributed by atoms with Crippen molar-refractivity contribution in [1.29, 1.82) is 0 Å². The van der Waals surface area contributed by atoms with Crippen LogP contribution < -0.4 is 9.47 Å². The van der Waals surface area contributed by atoms with Gasteiger partial charge in [-0.25, -0.2) is 0 Å². The number of hydrogen-bond acceptors (Lipinski definition) is 6. The molecule has 0 bridgehead atoms. The van der Waals surface area contributed by atoms with Crippen LogP contribution in [0.4, 0.5) is 4.79 Å². The quantitative estimate of drug-likeness (QED) is 0.524. The number of hydrogen-bond donors (Lipinski definition) is 0. The Morgan fingerprint density at radius 3 is 2.67 bits per heavy atom. The molecule has 0 radical (unpaired) electrons. The number of likely N-dealkylation sites (tertiary alicyclic amines) is 1. The lowest BCUT2D eigenvalue weighted by Gasteiger charge is -2.29. The molecule has 0 saturated carbocycles. The number of nitrogens with zero attached hydrogens (tertiary/aromatic N) is 2. The summed E-state index contributed by atoms with van der Waals surface area (Å²) in [5.41, 5.74) is 0.779. The van der Waals surface area contributed by atoms with Gasteiger partial charge < -0.3 is 9.47 Å². The topological polar surface area (TPSA) is 59.1 Å². The highest BCUT2D eigenvalue weighted by atomic mass is 32.2. The highest BCUT2D eigenvalue weighted by Gasteiger charge is 2.36. The highest BCUT2D eigenvalue weighted by molar-refractivity contribution is 8.18. The van der Waals surface area contributed by atoms with Gasteiger partial charge in [0.05, 0.1) is 18.7 Å². The molecule has 1 aromatic rings. The van der Waals surface area contributed by atoms with Gasteiger partial charge in [-0.05, 0) is 61.5 Å². The van der Waals surface area contributed by atoms with Crippen LogP contribution in [0, 0.1) is 0 Å². The van der Waals surface area contributed by atoms with Crippen LogP contribution in [0.3, 0.4) is 0 Å². The average Bonchev–Trinajstić information content (AvgIpc) is 2.95. The number of amides is 2. The number of thioether (sulfide) groups is 1. The minimum Gasteiger partial charge on any atom is -0.493 e. The lowest BCUT2D eigenvalue weighted by Crippen LogP contribution is -2.42. The molecule has 0 spiro atoms. The third-order valence-electron chi connectivity index (χ3n) is 4.51. The zero-order valence-corrected chi connectivity index (χ0v) is 16.3. The van der Waals surface area contributed by atoms with Crippen molar-refractivity contribution in [2.75, 3.05) is 33.5 Å². The molecule has 0 aromatic heterocycles. The van der Waals surface area contributed by atoms with Crippen molar-refractivity contribution in [1.82, 2.24) is 9.80 Å². The van der Waals surface area contributed by atoms with E-state index < -0.39 is 0 Å². The van der Waals surface area contributed by atoms with Crippen molar-refractivity contribution in [3.05, 3.63) is 41.3 Å². The van der Waals surface area contributed by atoms with Crippen LogP contribution in [-0.4, -0.2) is 54.4 Å². The molecule has 3 rings (SSSR count). The Morgan fingerprint density at radius 1 is 1.19 bits per heavy atom. The van der Waals surface area contributed by atoms with Crippen LogP contribution in [0.15, 0.2) is 35.8 Å². The predicted molar refractivity (Wildman–Crippen MR) is 107 cm³/mol. The number of carbonyl (C=O) groups is 2. The number of ether oxygens (including phenoxy) is 2. The van der Waals surface area contributed by atoms with Crippen LogP contribution in [0.25, 0.3) is 6.08 Å². The zero-order valence-electron chi connectivity index (χ0n) is 15.5. The Balaban J connectivity index is 1.73. The third-order valence-corrected chi connectivity index (χ3v) is 5.41. The fourth-order valence-corrected chi connectivity index (χ4v) is 3.95. The molecule has 7 heteroatoms. The Labute approximate surface area is 163 Å². The molecule has 2 aliphatic rings. The molecule has 1 aromatic carbocycles. The second-order valence-corrected chi connectivity index (χ2v) is 7.43. The van der Waals surface area contributed by atoms with Gasteiger partial charge in [0, 0.05) is 0 Å². The monoisotopic (exact) mass is 388 g/mol. The number of piperidine rings is 1. The molecule has 2 aliphatic heterocycles. The molecule has 2 amide bonds. The van der Waals surface area contributed by atoms with Gasteiger partial charge in [0.2, 0.25) is 0 Å². The molecule has 0 aliphatic carbocycles. The summed E-state index contributed by atoms with van der Waals surface area (Å²) >= 11 is 0.983. The van der Waals surface area contributed by atoms with E-state index in [4.69, 9.17) is 9.47 Å². The van der Waals surface area contributed by atoms with E-state index in [1.165, 1.54) is 11.3 Å². The van der Waals surface area contributed by atoms with E-state index >= 15 is 0 Å². The Kier molecular flexibility index (Phi) is 6.58. The van der Waals surface area contributed by atoms with E-state index in [1.807, 2.05) is 6.07 Å². The molecule has 0 N–H and O–H groups in total. The van der Waals surface area contributed by atoms with E-state index in [0.717, 1.165) is 43.3 Å². The molecule has 27 heavy (non-hydrogen) atoms. The normalized spacial score (nSPS) is 19.6. The summed E-state index contributed by atoms with van der Waals surface area (Å²) in [7, 11) is 1.56. The average molecular weight is 388 g/mol. The lowest BCUT2D eigenvalue weighted by molar-refractivity contribution is -0.124. The Hall–Kier alpha value is -2.25. The summed E-state index contributed by atoms with van der Waals surface area (Å²) in [6, 6.07) is 5.41. The molecule has 144 valence electrons. The fraction of sp³-hybridized carbons (Fsp3) is 0.400. The number of carbonyl (C=O) groups excluding carboxylic acids is 2. The van der Waals surface area contributed by atoms with Crippen molar-refractivity contribution in [2.45, 2.75) is 19.3 Å². The standard InChI is InChI=1S/C20H24N2O4S/c1-3-11-26-16-8-7-15(12-17(16)25-2)13-18-19(23)22(20(24)27-18)14-21-9-5-4-6-10-21/h3,7-8,12-13H,1,4-6,9-11,14H2,2H3/b18-13+. The molecule has 2 saturated heterocycles. The maximum Gasteiger partial charge on any atom is 0.294 e. The van der Waals surface area contributed by atoms with Crippen molar-refractivity contribution in [3.63, 3.8) is 0 Å². The van der Waals surface area contributed by atoms with Crippen LogP contribution >= 0.6 is 11.8 Å². The molecular formula is C20H24N2O4S. The fourth-order valence-electron chi connectivity index (χ4n) is 3.12. The number of benzene rings is 1. The Bertz CT molecular complexity index is 756. The summed E-state index contributed by atoms with van der Waals surface area (Å²) in [6.45, 7) is 6.25. The van der Waals surface area contributed by atoms with E-state index in [0.29, 0.717) is 29.7 Å². The van der Waals surface area contributed by atoms with Gasteiger partial charge >= 0.3 is 0 Å². The summed E-state index contributed by atoms with van der Waals surface area (Å²) in [6.07, 6.45) is 6.83. The molecule has 2 heterocycles. The van der Waals surface area contributed by atoms with E-state index in [1.54, 1.807) is 31.4 Å². The summed E-state index contributed by atoms with van der Waals surface area (Å²) < 4.78 is 10.9. The van der Waals surface area contributed by atoms with Gasteiger partial charge in [-0.3, -0.25) is 19.4 Å². The first-order valence-electron chi connectivity index (χ1n) is 9.02. The van der Waals surface area contributed by atoms with Crippen molar-refractivity contribution in [3.8, 4) is 11.5 Å². The van der Waals surface area contributed by atoms with Gasteiger partial charge in [0.1, 0.15) is 6.61 Å². The maximum absolute atomic E-state index is 12.7. The largest absolute Gasteiger partial charge is 0.493 e. The van der Waals surface area contributed by atoms with Crippen LogP contribution in [-0.2, 0) is 4.79 Å². The van der Waals surface area contributed by atoms with Crippen LogP contribution in [0.1, 0.15) is 24.8 Å². The lowest BCUT2D eigenvalue weighted by atomic mass is 10.1. The molecule has 2 fully saturated rings. The molecular weight excluding hydrogens is 364 g/mol. The molecule has 0 unspecified atom stereocenters. The van der Waals surface area contributed by atoms with E-state index in [-0.39, 0.29) is 11.1 Å². The van der Waals surface area contributed by atoms with E-state index in [2.05, 4.69) is 11.5 Å². The van der Waals surface area contributed by atoms with E-state index in [9.17, 15) is 9.59 Å². The first-order chi connectivity index (χ1) is 13.1. The highest BCUT2D eigenvalue weighted by Crippen LogP contribution is 2.34. The first kappa shape index (κ1) is 19.5. The summed E-state index contributed by atoms with van der Waals surface area (Å²) in [5, 5.41) is -0.213. The molecule has 6 nitrogen and oxygen atoms in total. The summed E-state index contributed by atoms with van der Waals surface area (Å²) in [4.78, 5) is 28.9. The van der Waals surface area contributed by atoms with Gasteiger partial charge in [0.25, 0.3) is 11.1 Å². The number of imide groups is 1. The van der Waals surface area contributed by atoms with Crippen LogP contribution in [0.2, 0.25) is 0 Å². The minimum absolute atomic E-state index is 0.213. The van der Waals surface area contributed by atoms with Crippen molar-refractivity contribution >= 4 is 29.0 Å². The Morgan fingerprint density at radius 2 is 1.96 bits per heavy atom. The minimum atomic E-state index is -0.235. The van der Waals surface area contributed by atoms with Crippen molar-refractivity contribution < 1.29 is 19.1 Å². The molecule has 0 atom stereocenters. The number of rotatable bonds is 7. The van der Waals surface area contributed by atoms with Gasteiger partial charge in [-0.2, -0.15) is 0 Å². The summed E-state index contributed by atoms with van der Waals surface area (Å²) in [5.74, 6) is 0.937. The van der Waals surface area contributed by atoms with Gasteiger partial charge in [0.15, 0.2) is 11.5 Å². The second-order valence-electron chi connectivity index (χ2n) is 6.44. The second kappa shape index (κ2) is 9.10. The van der Waals surface area contributed by atoms with Crippen molar-refractivity contribution in [2.24, 2.45) is 0 Å². The maximum atomic E-state index is 12.7. The van der Waals surface area contributed by atoms with Gasteiger partial charge in [-0.1, -0.05) is 25.1 Å². The van der Waals surface area contributed by atoms with Gasteiger partial charge in [-0.15, -0.1) is 0 Å². The van der Waals surface area contributed by atoms with Crippen LogP contribution in [0.5, 0.6) is 11.5 Å². The zero-order chi connectivity index (χ0) is 19.2. The first-order valence-corrected chi connectivity index (χ1v) is 9.83. The number of methoxy groups -OCH3 is 1. The predicted octanol–water partition coefficient (Wildman–Crippen LogP) is 3.74. The smallest absolute Gasteiger partial charge is 0.294 e. The third kappa shape index (κ3) is 4.73.